The third kappa shape index (κ3) is 3.13. The van der Waals surface area contributed by atoms with Gasteiger partial charge in [0.1, 0.15) is 0 Å². The van der Waals surface area contributed by atoms with E-state index in [1.165, 1.54) is 16.9 Å². The van der Waals surface area contributed by atoms with Crippen LogP contribution in [0.5, 0.6) is 0 Å². The zero-order chi connectivity index (χ0) is 12.0. The van der Waals surface area contributed by atoms with Gasteiger partial charge in [0.25, 0.3) is 0 Å². The monoisotopic (exact) mass is 213 g/mol. The van der Waals surface area contributed by atoms with E-state index in [0.717, 1.165) is 6.54 Å². The van der Waals surface area contributed by atoms with Crippen molar-refractivity contribution in [1.29, 1.82) is 0 Å². The van der Waals surface area contributed by atoms with Crippen molar-refractivity contribution in [1.82, 2.24) is 0 Å². The van der Waals surface area contributed by atoms with Gasteiger partial charge >= 0.3 is 0 Å². The second-order valence-corrected chi connectivity index (χ2v) is 3.78. The molecule has 1 aromatic carbocycles. The molecule has 0 radical (unpaired) electrons. The van der Waals surface area contributed by atoms with Crippen LogP contribution in [0.3, 0.4) is 0 Å². The summed E-state index contributed by atoms with van der Waals surface area (Å²) in [5.74, 6) is 0. The maximum Gasteiger partial charge on any atom is 0.0413 e. The van der Waals surface area contributed by atoms with Gasteiger partial charge in [0.15, 0.2) is 0 Å². The van der Waals surface area contributed by atoms with Gasteiger partial charge in [0.05, 0.1) is 0 Å². The highest BCUT2D eigenvalue weighted by molar-refractivity contribution is 5.54. The summed E-state index contributed by atoms with van der Waals surface area (Å²) in [5.41, 5.74) is 3.62. The van der Waals surface area contributed by atoms with Crippen LogP contribution >= 0.6 is 0 Å². The molecule has 0 atom stereocenters. The quantitative estimate of drug-likeness (QED) is 0.526. The van der Waals surface area contributed by atoms with E-state index < -0.39 is 0 Å². The second-order valence-electron chi connectivity index (χ2n) is 3.78. The maximum absolute atomic E-state index is 3.80. The number of nitrogens with zero attached hydrogens (tertiary/aromatic N) is 1. The largest absolute Gasteiger partial charge is 0.342 e. The van der Waals surface area contributed by atoms with Crippen molar-refractivity contribution in [3.8, 4) is 0 Å². The van der Waals surface area contributed by atoms with E-state index in [-0.39, 0.29) is 0 Å². The number of aryl methyl sites for hydroxylation is 1. The Morgan fingerprint density at radius 2 is 2.12 bits per heavy atom. The van der Waals surface area contributed by atoms with E-state index in [2.05, 4.69) is 56.2 Å². The molecule has 0 amide bonds. The molecule has 1 rings (SSSR count). The molecule has 0 unspecified atom stereocenters. The van der Waals surface area contributed by atoms with Crippen LogP contribution in [0.1, 0.15) is 12.5 Å². The highest BCUT2D eigenvalue weighted by Gasteiger charge is 2.05. The molecular weight excluding hydrogens is 194 g/mol. The van der Waals surface area contributed by atoms with Gasteiger partial charge in [-0.25, -0.2) is 0 Å². The Labute approximate surface area is 98.4 Å². The van der Waals surface area contributed by atoms with Crippen molar-refractivity contribution in [3.05, 3.63) is 66.9 Å². The molecule has 0 aromatic heterocycles. The van der Waals surface area contributed by atoms with Gasteiger partial charge in [0.2, 0.25) is 0 Å². The first kappa shape index (κ1) is 12.3. The second kappa shape index (κ2) is 5.96. The van der Waals surface area contributed by atoms with E-state index in [0.29, 0.717) is 0 Å². The van der Waals surface area contributed by atoms with Gasteiger partial charge in [0, 0.05) is 17.9 Å². The molecule has 16 heavy (non-hydrogen) atoms. The van der Waals surface area contributed by atoms with Gasteiger partial charge in [-0.1, -0.05) is 30.9 Å². The first-order valence-electron chi connectivity index (χ1n) is 5.43. The summed E-state index contributed by atoms with van der Waals surface area (Å²) in [6.07, 6.45) is 5.72. The van der Waals surface area contributed by atoms with Crippen LogP contribution in [-0.2, 0) is 0 Å². The van der Waals surface area contributed by atoms with Crippen LogP contribution in [0, 0.1) is 6.92 Å². The van der Waals surface area contributed by atoms with Crippen molar-refractivity contribution < 1.29 is 0 Å². The van der Waals surface area contributed by atoms with Crippen molar-refractivity contribution in [2.45, 2.75) is 13.8 Å². The van der Waals surface area contributed by atoms with Crippen molar-refractivity contribution in [2.24, 2.45) is 0 Å². The minimum atomic E-state index is 0.805. The normalized spacial score (nSPS) is 11.0. The van der Waals surface area contributed by atoms with Gasteiger partial charge in [-0.15, -0.1) is 6.58 Å². The van der Waals surface area contributed by atoms with Crippen LogP contribution < -0.4 is 4.90 Å². The lowest BCUT2D eigenvalue weighted by Crippen LogP contribution is -2.20. The van der Waals surface area contributed by atoms with Crippen molar-refractivity contribution in [2.75, 3.05) is 11.4 Å². The average Bonchev–Trinajstić information content (AvgIpc) is 2.26. The summed E-state index contributed by atoms with van der Waals surface area (Å²) < 4.78 is 0. The van der Waals surface area contributed by atoms with E-state index in [1.807, 2.05) is 12.2 Å². The SMILES string of the molecule is C=C/C=C(\C)N(CC=C)c1cccc(C)c1. The lowest BCUT2D eigenvalue weighted by atomic mass is 10.2. The smallest absolute Gasteiger partial charge is 0.0413 e. The molecule has 0 bridgehead atoms. The first-order chi connectivity index (χ1) is 7.69. The van der Waals surface area contributed by atoms with Crippen LogP contribution in [0.4, 0.5) is 5.69 Å². The topological polar surface area (TPSA) is 3.24 Å². The van der Waals surface area contributed by atoms with Crippen LogP contribution in [0.25, 0.3) is 0 Å². The molecule has 0 aliphatic carbocycles. The molecule has 1 nitrogen and oxygen atoms in total. The Morgan fingerprint density at radius 3 is 2.69 bits per heavy atom. The molecule has 0 saturated carbocycles. The first-order valence-corrected chi connectivity index (χ1v) is 5.43. The van der Waals surface area contributed by atoms with E-state index >= 15 is 0 Å². The molecular formula is C15H19N. The third-order valence-corrected chi connectivity index (χ3v) is 2.41. The van der Waals surface area contributed by atoms with E-state index in [4.69, 9.17) is 0 Å². The molecule has 0 spiro atoms. The molecule has 0 fully saturated rings. The predicted octanol–water partition coefficient (Wildman–Crippen LogP) is 4.08. The highest BCUT2D eigenvalue weighted by atomic mass is 15.1. The van der Waals surface area contributed by atoms with E-state index in [1.54, 1.807) is 6.08 Å². The maximum atomic E-state index is 3.80. The van der Waals surface area contributed by atoms with Crippen molar-refractivity contribution >= 4 is 5.69 Å². The molecule has 0 aliphatic heterocycles. The minimum absolute atomic E-state index is 0.805. The number of rotatable bonds is 5. The number of allylic oxidation sites excluding steroid dienone is 3. The molecule has 1 heteroatoms. The minimum Gasteiger partial charge on any atom is -0.342 e. The Balaban J connectivity index is 3.06. The summed E-state index contributed by atoms with van der Waals surface area (Å²) in [7, 11) is 0. The number of anilines is 1. The fraction of sp³-hybridized carbons (Fsp3) is 0.200. The summed E-state index contributed by atoms with van der Waals surface area (Å²) >= 11 is 0. The molecule has 0 aliphatic rings. The molecule has 0 N–H and O–H groups in total. The predicted molar refractivity (Wildman–Crippen MR) is 72.7 cm³/mol. The summed E-state index contributed by atoms with van der Waals surface area (Å²) in [6, 6.07) is 8.45. The average molecular weight is 213 g/mol. The lowest BCUT2D eigenvalue weighted by Gasteiger charge is -2.24. The van der Waals surface area contributed by atoms with Crippen LogP contribution in [0.15, 0.2) is 61.3 Å². The van der Waals surface area contributed by atoms with Crippen molar-refractivity contribution in [3.63, 3.8) is 0 Å². The zero-order valence-corrected chi connectivity index (χ0v) is 10.1. The summed E-state index contributed by atoms with van der Waals surface area (Å²) in [4.78, 5) is 2.21. The van der Waals surface area contributed by atoms with Gasteiger partial charge in [-0.3, -0.25) is 0 Å². The van der Waals surface area contributed by atoms with Gasteiger partial charge in [-0.2, -0.15) is 0 Å². The number of hydrogen-bond acceptors (Lipinski definition) is 1. The van der Waals surface area contributed by atoms with E-state index in [9.17, 15) is 0 Å². The molecule has 84 valence electrons. The fourth-order valence-electron chi connectivity index (χ4n) is 1.64. The third-order valence-electron chi connectivity index (χ3n) is 2.41. The van der Waals surface area contributed by atoms with Gasteiger partial charge in [-0.05, 0) is 37.6 Å². The molecule has 1 aromatic rings. The standard InChI is InChI=1S/C15H19N/c1-5-8-14(4)16(11-6-2)15-10-7-9-13(3)12-15/h5-10,12H,1-2,11H2,3-4H3/b14-8+. The Hall–Kier alpha value is -1.76. The zero-order valence-electron chi connectivity index (χ0n) is 10.1. The summed E-state index contributed by atoms with van der Waals surface area (Å²) in [5, 5.41) is 0. The highest BCUT2D eigenvalue weighted by Crippen LogP contribution is 2.20. The number of benzene rings is 1. The Morgan fingerprint density at radius 1 is 1.38 bits per heavy atom. The summed E-state index contributed by atoms with van der Waals surface area (Å²) in [6.45, 7) is 12.5. The molecule has 0 saturated heterocycles. The Kier molecular flexibility index (Phi) is 4.59. The number of hydrogen-bond donors (Lipinski definition) is 0. The van der Waals surface area contributed by atoms with Crippen LogP contribution in [0.2, 0.25) is 0 Å². The van der Waals surface area contributed by atoms with Crippen LogP contribution in [-0.4, -0.2) is 6.54 Å². The lowest BCUT2D eigenvalue weighted by molar-refractivity contribution is 1.01. The van der Waals surface area contributed by atoms with Gasteiger partial charge < -0.3 is 4.90 Å². The fourth-order valence-corrected chi connectivity index (χ4v) is 1.64. The Bertz CT molecular complexity index is 402. The molecule has 0 heterocycles.